The van der Waals surface area contributed by atoms with Crippen LogP contribution in [0.25, 0.3) is 21.5 Å². The van der Waals surface area contributed by atoms with Crippen molar-refractivity contribution in [2.75, 3.05) is 0 Å². The molecule has 1 radical (unpaired) electrons. The van der Waals surface area contributed by atoms with E-state index >= 15 is 0 Å². The topological polar surface area (TPSA) is 0 Å². The van der Waals surface area contributed by atoms with E-state index in [2.05, 4.69) is 73.7 Å². The molecule has 0 bridgehead atoms. The highest BCUT2D eigenvalue weighted by molar-refractivity contribution is 5.99. The van der Waals surface area contributed by atoms with Crippen LogP contribution < -0.4 is 0 Å². The molecular formula is C19H17. The van der Waals surface area contributed by atoms with Gasteiger partial charge in [0.15, 0.2) is 0 Å². The third-order valence-electron chi connectivity index (χ3n) is 3.44. The number of hydrogen-bond acceptors (Lipinski definition) is 0. The monoisotopic (exact) mass is 245 g/mol. The van der Waals surface area contributed by atoms with Crippen molar-refractivity contribution in [3.05, 3.63) is 72.3 Å². The first kappa shape index (κ1) is 12.0. The zero-order chi connectivity index (χ0) is 13.1. The van der Waals surface area contributed by atoms with Crippen LogP contribution in [0.3, 0.4) is 0 Å². The maximum absolute atomic E-state index is 3.43. The first-order valence-electron chi connectivity index (χ1n) is 6.88. The fraction of sp³-hybridized carbons (Fsp3) is 0.158. The van der Waals surface area contributed by atoms with Gasteiger partial charge in [0.25, 0.3) is 0 Å². The van der Waals surface area contributed by atoms with E-state index in [1.807, 2.05) is 0 Å². The van der Waals surface area contributed by atoms with Crippen molar-refractivity contribution in [3.63, 3.8) is 0 Å². The Labute approximate surface area is 114 Å². The highest BCUT2D eigenvalue weighted by Gasteiger charge is 2.00. The van der Waals surface area contributed by atoms with E-state index in [4.69, 9.17) is 0 Å². The smallest absolute Gasteiger partial charge is 0.00989 e. The molecule has 93 valence electrons. The summed E-state index contributed by atoms with van der Waals surface area (Å²) in [6.45, 7) is 2.19. The Morgan fingerprint density at radius 2 is 1.63 bits per heavy atom. The molecule has 0 aliphatic rings. The second-order valence-corrected chi connectivity index (χ2v) is 4.86. The fourth-order valence-electron chi connectivity index (χ4n) is 2.42. The summed E-state index contributed by atoms with van der Waals surface area (Å²) in [5.41, 5.74) is 1.19. The van der Waals surface area contributed by atoms with E-state index in [1.54, 1.807) is 0 Å². The van der Waals surface area contributed by atoms with Gasteiger partial charge in [0.05, 0.1) is 0 Å². The highest BCUT2D eigenvalue weighted by atomic mass is 14.0. The molecule has 0 spiro atoms. The Hall–Kier alpha value is -2.08. The number of rotatable bonds is 3. The van der Waals surface area contributed by atoms with Gasteiger partial charge in [-0.05, 0) is 51.7 Å². The van der Waals surface area contributed by atoms with E-state index in [9.17, 15) is 0 Å². The van der Waals surface area contributed by atoms with Gasteiger partial charge in [-0.25, -0.2) is 0 Å². The maximum atomic E-state index is 3.43. The summed E-state index contributed by atoms with van der Waals surface area (Å²) in [6.07, 6.45) is 7.83. The van der Waals surface area contributed by atoms with Gasteiger partial charge in [-0.2, -0.15) is 0 Å². The summed E-state index contributed by atoms with van der Waals surface area (Å²) in [5, 5.41) is 5.16. The number of hydrogen-bond donors (Lipinski definition) is 0. The lowest BCUT2D eigenvalue weighted by Gasteiger charge is -2.05. The van der Waals surface area contributed by atoms with Crippen LogP contribution >= 0.6 is 0 Å². The van der Waals surface area contributed by atoms with Gasteiger partial charge < -0.3 is 0 Å². The van der Waals surface area contributed by atoms with Crippen molar-refractivity contribution in [1.29, 1.82) is 0 Å². The van der Waals surface area contributed by atoms with E-state index in [-0.39, 0.29) is 0 Å². The largest absolute Gasteiger partial charge is 0.0760 e. The van der Waals surface area contributed by atoms with Crippen LogP contribution in [0.5, 0.6) is 0 Å². The number of fused-ring (bicyclic) bond motifs is 2. The fourth-order valence-corrected chi connectivity index (χ4v) is 2.42. The normalized spacial score (nSPS) is 11.6. The van der Waals surface area contributed by atoms with Crippen molar-refractivity contribution in [2.45, 2.75) is 19.8 Å². The molecule has 3 aromatic carbocycles. The van der Waals surface area contributed by atoms with E-state index in [1.165, 1.54) is 33.5 Å². The Morgan fingerprint density at radius 1 is 0.895 bits per heavy atom. The Bertz CT molecular complexity index is 735. The van der Waals surface area contributed by atoms with Crippen LogP contribution in [0.4, 0.5) is 0 Å². The van der Waals surface area contributed by atoms with Crippen LogP contribution in [0, 0.1) is 6.08 Å². The second-order valence-electron chi connectivity index (χ2n) is 4.86. The summed E-state index contributed by atoms with van der Waals surface area (Å²) in [4.78, 5) is 0. The lowest BCUT2D eigenvalue weighted by molar-refractivity contribution is 0.956. The van der Waals surface area contributed by atoms with Crippen LogP contribution in [-0.4, -0.2) is 0 Å². The van der Waals surface area contributed by atoms with Crippen molar-refractivity contribution in [2.24, 2.45) is 0 Å². The van der Waals surface area contributed by atoms with Crippen LogP contribution in [0.1, 0.15) is 25.3 Å². The van der Waals surface area contributed by atoms with Crippen molar-refractivity contribution < 1.29 is 0 Å². The molecule has 19 heavy (non-hydrogen) atoms. The minimum atomic E-state index is 1.09. The van der Waals surface area contributed by atoms with Crippen molar-refractivity contribution in [3.8, 4) is 0 Å². The molecule has 0 heterocycles. The van der Waals surface area contributed by atoms with Gasteiger partial charge in [0, 0.05) is 0 Å². The van der Waals surface area contributed by atoms with Gasteiger partial charge in [0.2, 0.25) is 0 Å². The van der Waals surface area contributed by atoms with Gasteiger partial charge in [-0.15, -0.1) is 0 Å². The molecule has 0 amide bonds. The average Bonchev–Trinajstić information content (AvgIpc) is 2.46. The number of allylic oxidation sites excluding steroid dienone is 1. The zero-order valence-electron chi connectivity index (χ0n) is 11.2. The maximum Gasteiger partial charge on any atom is -0.00989 e. The molecule has 0 heteroatoms. The minimum Gasteiger partial charge on any atom is -0.0760 e. The zero-order valence-corrected chi connectivity index (χ0v) is 11.2. The first-order chi connectivity index (χ1) is 9.38. The van der Waals surface area contributed by atoms with Crippen LogP contribution in [0.2, 0.25) is 0 Å². The van der Waals surface area contributed by atoms with Crippen LogP contribution in [-0.2, 0) is 0 Å². The van der Waals surface area contributed by atoms with Gasteiger partial charge in [-0.3, -0.25) is 0 Å². The summed E-state index contributed by atoms with van der Waals surface area (Å²) < 4.78 is 0. The molecule has 3 aromatic rings. The summed E-state index contributed by atoms with van der Waals surface area (Å²) in [7, 11) is 0. The predicted octanol–water partition coefficient (Wildman–Crippen LogP) is 5.50. The quantitative estimate of drug-likeness (QED) is 0.534. The lowest BCUT2D eigenvalue weighted by atomic mass is 9.99. The lowest BCUT2D eigenvalue weighted by Crippen LogP contribution is -1.81. The molecule has 0 unspecified atom stereocenters. The Morgan fingerprint density at radius 3 is 2.42 bits per heavy atom. The standard InChI is InChI=1S/C19H17/c1-2-3-4-8-15-11-7-12-18-13-16-9-5-6-10-17(16)14-19(15)18/h4-7,9-14H,2-3H2,1H3. The number of unbranched alkanes of at least 4 members (excludes halogenated alkanes) is 1. The molecular weight excluding hydrogens is 228 g/mol. The third kappa shape index (κ3) is 2.39. The molecule has 0 fully saturated rings. The number of benzene rings is 3. The van der Waals surface area contributed by atoms with Gasteiger partial charge >= 0.3 is 0 Å². The van der Waals surface area contributed by atoms with Crippen molar-refractivity contribution in [1.82, 2.24) is 0 Å². The molecule has 0 atom stereocenters. The van der Waals surface area contributed by atoms with E-state index in [0.717, 1.165) is 6.42 Å². The second kappa shape index (κ2) is 5.27. The molecule has 0 aliphatic heterocycles. The highest BCUT2D eigenvalue weighted by Crippen LogP contribution is 2.25. The predicted molar refractivity (Wildman–Crippen MR) is 83.3 cm³/mol. The molecule has 0 aliphatic carbocycles. The van der Waals surface area contributed by atoms with Gasteiger partial charge in [0.1, 0.15) is 0 Å². The van der Waals surface area contributed by atoms with Crippen LogP contribution in [0.15, 0.2) is 60.7 Å². The molecule has 0 saturated carbocycles. The molecule has 3 rings (SSSR count). The summed E-state index contributed by atoms with van der Waals surface area (Å²) >= 11 is 0. The Balaban J connectivity index is 2.20. The van der Waals surface area contributed by atoms with E-state index in [0.29, 0.717) is 0 Å². The molecule has 0 saturated heterocycles. The molecule has 0 nitrogen and oxygen atoms in total. The third-order valence-corrected chi connectivity index (χ3v) is 3.44. The summed E-state index contributed by atoms with van der Waals surface area (Å²) in [5.74, 6) is 0. The van der Waals surface area contributed by atoms with Crippen molar-refractivity contribution >= 4 is 21.5 Å². The average molecular weight is 245 g/mol. The Kier molecular flexibility index (Phi) is 3.33. The molecule has 0 N–H and O–H groups in total. The molecule has 0 aromatic heterocycles. The van der Waals surface area contributed by atoms with Gasteiger partial charge in [-0.1, -0.05) is 61.9 Å². The first-order valence-corrected chi connectivity index (χ1v) is 6.88. The minimum absolute atomic E-state index is 1.09. The SMILES string of the molecule is CCC/C=[C]\c1cccc2cc3ccccc3cc12. The summed E-state index contributed by atoms with van der Waals surface area (Å²) in [6, 6.07) is 19.5. The van der Waals surface area contributed by atoms with E-state index < -0.39 is 0 Å².